The molecule has 1 aliphatic carbocycles. The lowest BCUT2D eigenvalue weighted by Gasteiger charge is -2.49. The molecule has 2 heterocycles. The van der Waals surface area contributed by atoms with Crippen molar-refractivity contribution < 1.29 is 40.3 Å². The predicted octanol–water partition coefficient (Wildman–Crippen LogP) is 4.90. The molecule has 10 nitrogen and oxygen atoms in total. The summed E-state index contributed by atoms with van der Waals surface area (Å²) in [5.74, 6) is -1.85. The molecule has 3 atom stereocenters. The Labute approximate surface area is 262 Å². The Hall–Kier alpha value is -3.53. The van der Waals surface area contributed by atoms with Gasteiger partial charge >= 0.3 is 12.6 Å². The number of aromatic nitrogens is 2. The second-order valence-corrected chi connectivity index (χ2v) is 13.2. The molecule has 5 rings (SSSR count). The number of carbonyl (C=O) groups is 1. The molecule has 1 aromatic heterocycles. The molecule has 242 valence electrons. The molecule has 0 unspecified atom stereocenters. The summed E-state index contributed by atoms with van der Waals surface area (Å²) in [5, 5.41) is -0.214. The fourth-order valence-corrected chi connectivity index (χ4v) is 7.39. The Balaban J connectivity index is 1.41. The van der Waals surface area contributed by atoms with Crippen LogP contribution in [-0.2, 0) is 25.8 Å². The Morgan fingerprint density at radius 2 is 1.89 bits per heavy atom. The normalized spacial score (nSPS) is 21.3. The molecule has 2 aromatic carbocycles. The Morgan fingerprint density at radius 3 is 2.53 bits per heavy atom. The maximum atomic E-state index is 15.5. The smallest absolute Gasteiger partial charge is 0.416 e. The molecule has 0 spiro atoms. The van der Waals surface area contributed by atoms with Gasteiger partial charge in [0.15, 0.2) is 5.82 Å². The number of anilines is 1. The van der Waals surface area contributed by atoms with E-state index in [0.717, 1.165) is 43.7 Å². The Bertz CT molecular complexity index is 1630. The number of nitrogens with zero attached hydrogens (tertiary/aromatic N) is 5. The van der Waals surface area contributed by atoms with Crippen LogP contribution >= 0.6 is 11.6 Å². The first-order chi connectivity index (χ1) is 21.3. The van der Waals surface area contributed by atoms with Gasteiger partial charge in [-0.1, -0.05) is 34.3 Å². The van der Waals surface area contributed by atoms with Crippen LogP contribution < -0.4 is 9.21 Å². The first-order valence-electron chi connectivity index (χ1n) is 13.9. The lowest BCUT2D eigenvalue weighted by atomic mass is 9.78. The number of carbonyl (C=O) groups excluding carboxylic acids is 1. The molecule has 0 N–H and O–H groups in total. The van der Waals surface area contributed by atoms with Crippen molar-refractivity contribution in [3.8, 4) is 5.75 Å². The van der Waals surface area contributed by atoms with Crippen LogP contribution in [-0.4, -0.2) is 80.0 Å². The summed E-state index contributed by atoms with van der Waals surface area (Å²) < 4.78 is 88.8. The highest BCUT2D eigenvalue weighted by Crippen LogP contribution is 2.41. The molecular formula is C29H30ClF4N5O5S. The van der Waals surface area contributed by atoms with Gasteiger partial charge < -0.3 is 14.5 Å². The van der Waals surface area contributed by atoms with E-state index >= 15 is 4.39 Å². The number of hydrogen-bond donors (Lipinski definition) is 0. The number of alkyl halides is 3. The van der Waals surface area contributed by atoms with Crippen LogP contribution in [0.1, 0.15) is 36.3 Å². The summed E-state index contributed by atoms with van der Waals surface area (Å²) in [6, 6.07) is 8.09. The van der Waals surface area contributed by atoms with E-state index in [1.807, 2.05) is 14.1 Å². The van der Waals surface area contributed by atoms with Gasteiger partial charge in [0.2, 0.25) is 0 Å². The molecule has 0 amide bonds. The molecule has 1 saturated carbocycles. The summed E-state index contributed by atoms with van der Waals surface area (Å²) >= 11 is 6.45. The highest BCUT2D eigenvalue weighted by Gasteiger charge is 2.41. The third-order valence-corrected chi connectivity index (χ3v) is 10.1. The number of likely N-dealkylation sites (N-methyl/N-ethyl adjacent to an activating group) is 2. The fraction of sp³-hybridized carbons (Fsp3) is 0.414. The molecule has 2 aliphatic rings. The van der Waals surface area contributed by atoms with Gasteiger partial charge in [-0.2, -0.15) is 21.6 Å². The van der Waals surface area contributed by atoms with Crippen LogP contribution in [0.2, 0.25) is 5.02 Å². The van der Waals surface area contributed by atoms with Crippen LogP contribution in [0, 0.1) is 5.82 Å². The highest BCUT2D eigenvalue weighted by molar-refractivity contribution is 7.92. The summed E-state index contributed by atoms with van der Waals surface area (Å²) in [6.45, 7) is 1.44. The number of benzene rings is 2. The summed E-state index contributed by atoms with van der Waals surface area (Å²) in [7, 11) is -0.915. The maximum Gasteiger partial charge on any atom is 0.416 e. The van der Waals surface area contributed by atoms with Crippen molar-refractivity contribution >= 4 is 33.9 Å². The van der Waals surface area contributed by atoms with E-state index in [0.29, 0.717) is 24.8 Å². The van der Waals surface area contributed by atoms with E-state index in [4.69, 9.17) is 16.3 Å². The Morgan fingerprint density at radius 1 is 1.13 bits per heavy atom. The quantitative estimate of drug-likeness (QED) is 0.169. The van der Waals surface area contributed by atoms with Gasteiger partial charge in [-0.05, 0) is 57.0 Å². The molecule has 0 radical (unpaired) electrons. The van der Waals surface area contributed by atoms with Crippen molar-refractivity contribution in [2.24, 2.45) is 0 Å². The van der Waals surface area contributed by atoms with Gasteiger partial charge in [-0.3, -0.25) is 9.69 Å². The lowest BCUT2D eigenvalue weighted by molar-refractivity contribution is -0.137. The SMILES string of the molecule is CN1CC(N(C)[C@H]2C[C@@H](c3cccc(C(F)(F)F)c3)CC[C@@H]2Oc2cc(F)c(S(=O)(=O)N(OC=O)c3ccncn3)cc2Cl)C1. The molecule has 3 aromatic rings. The standard InChI is InChI=1S/C29H30ClF4N5O5S/c1-37-14-21(15-37)38(2)24-11-19(18-4-3-5-20(10-18)29(32,33)34)6-7-25(24)44-26-13-23(31)27(12-22(26)30)45(41,42)39(43-17-40)28-8-9-35-16-36-28/h3-5,8-10,12-13,16-17,19,21,24-25H,6-7,11,14-15H2,1-2H3/t19-,24-,25-/m0/s1. The monoisotopic (exact) mass is 671 g/mol. The van der Waals surface area contributed by atoms with Crippen molar-refractivity contribution in [2.75, 3.05) is 31.7 Å². The zero-order valence-corrected chi connectivity index (χ0v) is 25.8. The predicted molar refractivity (Wildman–Crippen MR) is 156 cm³/mol. The third-order valence-electron chi connectivity index (χ3n) is 8.24. The lowest BCUT2D eigenvalue weighted by Crippen LogP contribution is -2.62. The molecule has 0 bridgehead atoms. The van der Waals surface area contributed by atoms with Gasteiger partial charge in [-0.25, -0.2) is 14.4 Å². The first-order valence-corrected chi connectivity index (χ1v) is 15.8. The third kappa shape index (κ3) is 7.00. The van der Waals surface area contributed by atoms with Gasteiger partial charge in [0.05, 0.1) is 10.6 Å². The molecule has 1 saturated heterocycles. The van der Waals surface area contributed by atoms with E-state index in [1.165, 1.54) is 18.3 Å². The van der Waals surface area contributed by atoms with Crippen LogP contribution in [0.15, 0.2) is 59.9 Å². The zero-order chi connectivity index (χ0) is 32.5. The van der Waals surface area contributed by atoms with Crippen LogP contribution in [0.5, 0.6) is 5.75 Å². The van der Waals surface area contributed by atoms with Crippen LogP contribution in [0.25, 0.3) is 0 Å². The van der Waals surface area contributed by atoms with E-state index < -0.39 is 38.6 Å². The second kappa shape index (κ2) is 13.1. The minimum absolute atomic E-state index is 0.107. The number of halogens is 5. The Kier molecular flexibility index (Phi) is 9.54. The zero-order valence-electron chi connectivity index (χ0n) is 24.2. The van der Waals surface area contributed by atoms with Gasteiger partial charge in [0, 0.05) is 43.5 Å². The molecule has 2 fully saturated rings. The summed E-state index contributed by atoms with van der Waals surface area (Å²) in [4.78, 5) is 26.5. The summed E-state index contributed by atoms with van der Waals surface area (Å²) in [5.41, 5.74) is -0.130. The van der Waals surface area contributed by atoms with Crippen molar-refractivity contribution in [2.45, 2.75) is 54.4 Å². The minimum Gasteiger partial charge on any atom is -0.487 e. The number of rotatable bonds is 10. The minimum atomic E-state index is -4.83. The van der Waals surface area contributed by atoms with E-state index in [1.54, 1.807) is 6.07 Å². The number of sulfonamides is 1. The first kappa shape index (κ1) is 32.9. The topological polar surface area (TPSA) is 105 Å². The average molecular weight is 672 g/mol. The fourth-order valence-electron chi connectivity index (χ4n) is 5.87. The summed E-state index contributed by atoms with van der Waals surface area (Å²) in [6.07, 6.45) is -1.37. The molecule has 16 heteroatoms. The van der Waals surface area contributed by atoms with E-state index in [2.05, 4.69) is 24.6 Å². The van der Waals surface area contributed by atoms with Crippen LogP contribution in [0.4, 0.5) is 23.4 Å². The molecule has 45 heavy (non-hydrogen) atoms. The van der Waals surface area contributed by atoms with Gasteiger partial charge in [0.1, 0.15) is 28.9 Å². The van der Waals surface area contributed by atoms with Crippen molar-refractivity contribution in [1.82, 2.24) is 19.8 Å². The van der Waals surface area contributed by atoms with E-state index in [9.17, 15) is 26.4 Å². The van der Waals surface area contributed by atoms with Crippen LogP contribution in [0.3, 0.4) is 0 Å². The molecule has 1 aliphatic heterocycles. The number of hydrogen-bond acceptors (Lipinski definition) is 9. The number of likely N-dealkylation sites (tertiary alicyclic amines) is 1. The maximum absolute atomic E-state index is 15.5. The molecular weight excluding hydrogens is 642 g/mol. The average Bonchev–Trinajstić information content (AvgIpc) is 2.99. The van der Waals surface area contributed by atoms with Crippen molar-refractivity contribution in [3.63, 3.8) is 0 Å². The number of ether oxygens (including phenoxy) is 1. The van der Waals surface area contributed by atoms with Gasteiger partial charge in [-0.15, -0.1) is 0 Å². The highest BCUT2D eigenvalue weighted by atomic mass is 35.5. The largest absolute Gasteiger partial charge is 0.487 e. The van der Waals surface area contributed by atoms with Gasteiger partial charge in [0.25, 0.3) is 10.0 Å². The van der Waals surface area contributed by atoms with Crippen molar-refractivity contribution in [3.05, 3.63) is 77.0 Å². The van der Waals surface area contributed by atoms with E-state index in [-0.39, 0.29) is 45.5 Å². The van der Waals surface area contributed by atoms with Crippen molar-refractivity contribution in [1.29, 1.82) is 0 Å². The second-order valence-electron chi connectivity index (χ2n) is 11.1.